The highest BCUT2D eigenvalue weighted by molar-refractivity contribution is 6.31. The molecular weight excluding hydrogens is 419 g/mol. The van der Waals surface area contributed by atoms with Gasteiger partial charge in [0.25, 0.3) is 5.91 Å². The lowest BCUT2D eigenvalue weighted by Crippen LogP contribution is -2.13. The number of halogens is 2. The molecule has 0 fully saturated rings. The van der Waals surface area contributed by atoms with Crippen LogP contribution in [0.5, 0.6) is 0 Å². The predicted molar refractivity (Wildman–Crippen MR) is 119 cm³/mol. The molecule has 0 saturated carbocycles. The van der Waals surface area contributed by atoms with E-state index in [1.165, 1.54) is 30.3 Å². The van der Waals surface area contributed by atoms with Gasteiger partial charge in [0, 0.05) is 29.2 Å². The summed E-state index contributed by atoms with van der Waals surface area (Å²) in [5, 5.41) is 5.60. The number of pyridine rings is 1. The molecule has 6 nitrogen and oxygen atoms in total. The first-order valence-corrected chi connectivity index (χ1v) is 9.66. The molecule has 2 aromatic carbocycles. The number of nitrogens with one attached hydrogen (secondary N) is 2. The zero-order valence-electron chi connectivity index (χ0n) is 16.0. The molecule has 0 radical (unpaired) electrons. The van der Waals surface area contributed by atoms with Crippen molar-refractivity contribution in [2.75, 3.05) is 10.6 Å². The largest absolute Gasteiger partial charge is 0.322 e. The molecule has 0 bridgehead atoms. The maximum absolute atomic E-state index is 13.3. The van der Waals surface area contributed by atoms with Crippen LogP contribution in [0.15, 0.2) is 79.0 Å². The van der Waals surface area contributed by atoms with Crippen LogP contribution in [0.1, 0.15) is 16.1 Å². The predicted octanol–water partition coefficient (Wildman–Crippen LogP) is 5.03. The molecule has 4 rings (SSSR count). The van der Waals surface area contributed by atoms with Crippen LogP contribution in [0.25, 0.3) is 11.7 Å². The molecule has 2 heterocycles. The van der Waals surface area contributed by atoms with Gasteiger partial charge in [-0.05, 0) is 54.6 Å². The Morgan fingerprint density at radius 1 is 0.968 bits per heavy atom. The molecule has 4 aromatic rings. The quantitative estimate of drug-likeness (QED) is 0.432. The lowest BCUT2D eigenvalue weighted by Gasteiger charge is -2.07. The van der Waals surface area contributed by atoms with Crippen molar-refractivity contribution in [1.29, 1.82) is 0 Å². The number of benzene rings is 2. The van der Waals surface area contributed by atoms with Gasteiger partial charge in [0.2, 0.25) is 5.91 Å². The van der Waals surface area contributed by atoms with E-state index in [4.69, 9.17) is 11.6 Å². The van der Waals surface area contributed by atoms with Gasteiger partial charge in [0.1, 0.15) is 11.5 Å². The summed E-state index contributed by atoms with van der Waals surface area (Å²) in [6.45, 7) is 0. The van der Waals surface area contributed by atoms with Gasteiger partial charge in [-0.2, -0.15) is 0 Å². The van der Waals surface area contributed by atoms with Crippen LogP contribution in [0.2, 0.25) is 5.15 Å². The monoisotopic (exact) mass is 434 g/mol. The van der Waals surface area contributed by atoms with Gasteiger partial charge in [-0.25, -0.2) is 9.37 Å². The Bertz CT molecular complexity index is 1320. The first kappa shape index (κ1) is 20.3. The van der Waals surface area contributed by atoms with Gasteiger partial charge in [-0.15, -0.1) is 0 Å². The number of fused-ring (bicyclic) bond motifs is 1. The number of imidazole rings is 1. The van der Waals surface area contributed by atoms with Crippen LogP contribution in [0.4, 0.5) is 15.8 Å². The first-order chi connectivity index (χ1) is 15.0. The van der Waals surface area contributed by atoms with E-state index in [2.05, 4.69) is 15.6 Å². The van der Waals surface area contributed by atoms with Crippen molar-refractivity contribution in [2.24, 2.45) is 0 Å². The number of aromatic nitrogens is 2. The van der Waals surface area contributed by atoms with Crippen molar-refractivity contribution in [2.45, 2.75) is 0 Å². The van der Waals surface area contributed by atoms with E-state index >= 15 is 0 Å². The summed E-state index contributed by atoms with van der Waals surface area (Å²) in [6, 6.07) is 17.5. The molecule has 2 amide bonds. The molecule has 0 unspecified atom stereocenters. The van der Waals surface area contributed by atoms with E-state index in [1.807, 2.05) is 18.2 Å². The molecule has 154 valence electrons. The average Bonchev–Trinajstić information content (AvgIpc) is 3.07. The Labute approximate surface area is 182 Å². The fourth-order valence-electron chi connectivity index (χ4n) is 2.98. The van der Waals surface area contributed by atoms with Crippen molar-refractivity contribution < 1.29 is 14.0 Å². The van der Waals surface area contributed by atoms with Gasteiger partial charge in [-0.3, -0.25) is 14.0 Å². The highest BCUT2D eigenvalue weighted by atomic mass is 35.5. The Kier molecular flexibility index (Phi) is 5.77. The third-order valence-electron chi connectivity index (χ3n) is 4.39. The number of hydrogen-bond acceptors (Lipinski definition) is 3. The average molecular weight is 435 g/mol. The molecule has 0 aliphatic carbocycles. The molecule has 31 heavy (non-hydrogen) atoms. The Hall–Kier alpha value is -3.97. The molecule has 2 aromatic heterocycles. The van der Waals surface area contributed by atoms with E-state index in [-0.39, 0.29) is 5.15 Å². The maximum atomic E-state index is 13.3. The van der Waals surface area contributed by atoms with Crippen molar-refractivity contribution >= 4 is 46.5 Å². The van der Waals surface area contributed by atoms with Crippen LogP contribution in [0.3, 0.4) is 0 Å². The number of carbonyl (C=O) groups excluding carboxylic acids is 2. The lowest BCUT2D eigenvalue weighted by atomic mass is 10.1. The molecule has 0 aliphatic rings. The van der Waals surface area contributed by atoms with E-state index in [1.54, 1.807) is 40.9 Å². The minimum absolute atomic E-state index is 0.284. The van der Waals surface area contributed by atoms with Crippen LogP contribution in [-0.4, -0.2) is 21.2 Å². The normalized spacial score (nSPS) is 11.0. The second-order valence-electron chi connectivity index (χ2n) is 6.58. The van der Waals surface area contributed by atoms with Crippen molar-refractivity contribution in [3.8, 4) is 0 Å². The molecule has 0 aliphatic heterocycles. The molecule has 0 saturated heterocycles. The van der Waals surface area contributed by atoms with E-state index < -0.39 is 17.6 Å². The second kappa shape index (κ2) is 8.81. The Morgan fingerprint density at radius 2 is 1.74 bits per heavy atom. The van der Waals surface area contributed by atoms with Crippen molar-refractivity contribution in [3.05, 3.63) is 101 Å². The lowest BCUT2D eigenvalue weighted by molar-refractivity contribution is -0.111. The number of hydrogen-bond donors (Lipinski definition) is 2. The summed E-state index contributed by atoms with van der Waals surface area (Å²) in [7, 11) is 0. The van der Waals surface area contributed by atoms with E-state index in [0.717, 1.165) is 0 Å². The van der Waals surface area contributed by atoms with Gasteiger partial charge < -0.3 is 10.6 Å². The van der Waals surface area contributed by atoms with Gasteiger partial charge in [0.15, 0.2) is 5.15 Å². The fourth-order valence-corrected chi connectivity index (χ4v) is 3.22. The maximum Gasteiger partial charge on any atom is 0.255 e. The number of amides is 2. The SMILES string of the molecule is O=C(/C=C/c1c(Cl)nc2ccccn12)Nc1cccc(C(=O)Nc2cccc(F)c2)c1. The summed E-state index contributed by atoms with van der Waals surface area (Å²) in [6.07, 6.45) is 4.70. The van der Waals surface area contributed by atoms with Gasteiger partial charge in [-0.1, -0.05) is 29.8 Å². The summed E-state index contributed by atoms with van der Waals surface area (Å²) >= 11 is 6.16. The highest BCUT2D eigenvalue weighted by Crippen LogP contribution is 2.19. The number of anilines is 2. The zero-order chi connectivity index (χ0) is 21.8. The van der Waals surface area contributed by atoms with Gasteiger partial charge >= 0.3 is 0 Å². The van der Waals surface area contributed by atoms with Gasteiger partial charge in [0.05, 0.1) is 5.69 Å². The molecular formula is C23H16ClFN4O2. The van der Waals surface area contributed by atoms with E-state index in [9.17, 15) is 14.0 Å². The third kappa shape index (κ3) is 4.79. The van der Waals surface area contributed by atoms with Crippen LogP contribution in [-0.2, 0) is 4.79 Å². The van der Waals surface area contributed by atoms with Crippen LogP contribution in [0, 0.1) is 5.82 Å². The van der Waals surface area contributed by atoms with Crippen LogP contribution < -0.4 is 10.6 Å². The molecule has 2 N–H and O–H groups in total. The second-order valence-corrected chi connectivity index (χ2v) is 6.94. The fraction of sp³-hybridized carbons (Fsp3) is 0. The minimum atomic E-state index is -0.448. The highest BCUT2D eigenvalue weighted by Gasteiger charge is 2.10. The number of carbonyl (C=O) groups is 2. The van der Waals surface area contributed by atoms with Crippen molar-refractivity contribution in [3.63, 3.8) is 0 Å². The smallest absolute Gasteiger partial charge is 0.255 e. The standard InChI is InChI=1S/C23H16ClFN4O2/c24-22-19(29-12-2-1-9-20(29)28-22)10-11-21(30)26-17-7-3-5-15(13-17)23(31)27-18-8-4-6-16(25)14-18/h1-14H,(H,26,30)(H,27,31)/b11-10+. The van der Waals surface area contributed by atoms with E-state index in [0.29, 0.717) is 28.3 Å². The molecule has 0 spiro atoms. The molecule has 8 heteroatoms. The molecule has 0 atom stereocenters. The third-order valence-corrected chi connectivity index (χ3v) is 4.67. The van der Waals surface area contributed by atoms with Crippen LogP contribution >= 0.6 is 11.6 Å². The number of nitrogens with zero attached hydrogens (tertiary/aromatic N) is 2. The first-order valence-electron chi connectivity index (χ1n) is 9.28. The van der Waals surface area contributed by atoms with Crippen molar-refractivity contribution in [1.82, 2.24) is 9.38 Å². The summed E-state index contributed by atoms with van der Waals surface area (Å²) in [5.41, 5.74) is 2.34. The Morgan fingerprint density at radius 3 is 2.55 bits per heavy atom. The number of rotatable bonds is 5. The topological polar surface area (TPSA) is 75.5 Å². The summed E-state index contributed by atoms with van der Waals surface area (Å²) in [4.78, 5) is 29.0. The Balaban J connectivity index is 1.45. The zero-order valence-corrected chi connectivity index (χ0v) is 16.8. The summed E-state index contributed by atoms with van der Waals surface area (Å²) in [5.74, 6) is -1.27. The summed E-state index contributed by atoms with van der Waals surface area (Å²) < 4.78 is 15.1. The minimum Gasteiger partial charge on any atom is -0.322 e.